The van der Waals surface area contributed by atoms with E-state index in [1.54, 1.807) is 4.90 Å². The van der Waals surface area contributed by atoms with Crippen LogP contribution in [0.15, 0.2) is 12.1 Å². The Morgan fingerprint density at radius 2 is 2.15 bits per heavy atom. The molecule has 2 aromatic rings. The number of fused-ring (bicyclic) bond motifs is 2. The molecule has 2 atom stereocenters. The van der Waals surface area contributed by atoms with Crippen LogP contribution in [-0.4, -0.2) is 64.7 Å². The monoisotopic (exact) mass is 482 g/mol. The molecule has 5 rings (SSSR count). The molecule has 1 amide bonds. The Hall–Kier alpha value is -1.91. The lowest BCUT2D eigenvalue weighted by Gasteiger charge is -2.49. The van der Waals surface area contributed by atoms with Crippen LogP contribution in [0.4, 0.5) is 13.2 Å². The number of piperidine rings is 1. The second kappa shape index (κ2) is 8.39. The number of rotatable bonds is 4. The number of carbonyl (C=O) groups excluding carboxylic acids is 1. The van der Waals surface area contributed by atoms with Gasteiger partial charge < -0.3 is 14.5 Å². The Morgan fingerprint density at radius 1 is 1.36 bits per heavy atom. The van der Waals surface area contributed by atoms with Crippen molar-refractivity contribution in [2.45, 2.75) is 57.3 Å². The van der Waals surface area contributed by atoms with E-state index in [9.17, 15) is 18.0 Å². The van der Waals surface area contributed by atoms with E-state index < -0.39 is 17.8 Å². The molecule has 2 saturated heterocycles. The predicted molar refractivity (Wildman–Crippen MR) is 118 cm³/mol. The number of amides is 1. The van der Waals surface area contributed by atoms with Crippen molar-refractivity contribution in [3.8, 4) is 0 Å². The van der Waals surface area contributed by atoms with Crippen molar-refractivity contribution in [3.05, 3.63) is 38.8 Å². The van der Waals surface area contributed by atoms with Crippen molar-refractivity contribution in [3.63, 3.8) is 0 Å². The molecule has 2 fully saturated rings. The number of aryl methyl sites for hydroxylation is 1. The summed E-state index contributed by atoms with van der Waals surface area (Å²) in [6, 6.07) is 3.51. The number of halogens is 3. The number of hydrogen-bond acceptors (Lipinski definition) is 5. The Bertz CT molecular complexity index is 1030. The number of nitrogens with zero attached hydrogens (tertiary/aromatic N) is 3. The molecule has 6 nitrogen and oxygen atoms in total. The Kier molecular flexibility index (Phi) is 5.81. The Labute approximate surface area is 195 Å². The minimum absolute atomic E-state index is 0.110. The lowest BCUT2D eigenvalue weighted by Crippen LogP contribution is -2.57. The summed E-state index contributed by atoms with van der Waals surface area (Å²) in [4.78, 5) is 19.4. The van der Waals surface area contributed by atoms with Gasteiger partial charge in [0.2, 0.25) is 0 Å². The lowest BCUT2D eigenvalue weighted by molar-refractivity contribution is -0.141. The summed E-state index contributed by atoms with van der Waals surface area (Å²) in [6.07, 6.45) is -0.565. The smallest absolute Gasteiger partial charge is 0.370 e. The first kappa shape index (κ1) is 22.9. The summed E-state index contributed by atoms with van der Waals surface area (Å²) in [5.74, 6) is -0.0987. The van der Waals surface area contributed by atoms with Crippen molar-refractivity contribution in [1.82, 2.24) is 20.0 Å². The fraction of sp³-hybridized carbons (Fsp3) is 0.652. The van der Waals surface area contributed by atoms with Crippen LogP contribution in [0.1, 0.15) is 58.2 Å². The van der Waals surface area contributed by atoms with Gasteiger partial charge in [-0.15, -0.1) is 11.3 Å². The zero-order valence-electron chi connectivity index (χ0n) is 18.9. The molecule has 33 heavy (non-hydrogen) atoms. The average Bonchev–Trinajstić information content (AvgIpc) is 3.39. The number of aromatic nitrogens is 2. The summed E-state index contributed by atoms with van der Waals surface area (Å²) in [6.45, 7) is 8.16. The lowest BCUT2D eigenvalue weighted by atomic mass is 9.79. The van der Waals surface area contributed by atoms with E-state index in [0.717, 1.165) is 51.4 Å². The van der Waals surface area contributed by atoms with Crippen molar-refractivity contribution >= 4 is 17.2 Å². The van der Waals surface area contributed by atoms with Crippen LogP contribution < -0.4 is 0 Å². The maximum absolute atomic E-state index is 12.7. The fourth-order valence-corrected chi connectivity index (χ4v) is 6.65. The standard InChI is InChI=1S/C23H29F3N4O2S/c1-3-16-8-17-19(33-16)4-7-32-22(17)5-6-29(14(2)10-22)11-15-12-30(13-15)21(31)18-9-20(28-27-18)23(24,25)26/h8-9,14-15H,3-7,10-13H2,1-2H3,(H,27,28)/t14-,22+/m0/s1. The normalized spacial score (nSPS) is 26.5. The number of ether oxygens (including phenoxy) is 1. The molecular weight excluding hydrogens is 453 g/mol. The number of hydrogen-bond donors (Lipinski definition) is 1. The molecule has 1 N–H and O–H groups in total. The van der Waals surface area contributed by atoms with Crippen molar-refractivity contribution < 1.29 is 22.7 Å². The van der Waals surface area contributed by atoms with Gasteiger partial charge in [0.1, 0.15) is 5.69 Å². The molecule has 0 aliphatic carbocycles. The van der Waals surface area contributed by atoms with Crippen molar-refractivity contribution in [1.29, 1.82) is 0 Å². The molecule has 3 aliphatic heterocycles. The van der Waals surface area contributed by atoms with E-state index >= 15 is 0 Å². The minimum atomic E-state index is -4.56. The largest absolute Gasteiger partial charge is 0.435 e. The summed E-state index contributed by atoms with van der Waals surface area (Å²) >= 11 is 1.93. The summed E-state index contributed by atoms with van der Waals surface area (Å²) in [7, 11) is 0. The molecule has 0 unspecified atom stereocenters. The van der Waals surface area contributed by atoms with Crippen LogP contribution in [0.2, 0.25) is 0 Å². The van der Waals surface area contributed by atoms with Gasteiger partial charge in [0, 0.05) is 60.4 Å². The fourth-order valence-electron chi connectivity index (χ4n) is 5.48. The minimum Gasteiger partial charge on any atom is -0.370 e. The third kappa shape index (κ3) is 4.21. The zero-order valence-corrected chi connectivity index (χ0v) is 19.7. The Balaban J connectivity index is 1.16. The number of nitrogens with one attached hydrogen (secondary N) is 1. The van der Waals surface area contributed by atoms with Gasteiger partial charge in [-0.2, -0.15) is 18.3 Å². The van der Waals surface area contributed by atoms with Gasteiger partial charge in [0.05, 0.1) is 12.2 Å². The molecule has 0 saturated carbocycles. The first-order chi connectivity index (χ1) is 15.7. The highest BCUT2D eigenvalue weighted by molar-refractivity contribution is 7.12. The van der Waals surface area contributed by atoms with Crippen molar-refractivity contribution in [2.75, 3.05) is 32.8 Å². The quantitative estimate of drug-likeness (QED) is 0.714. The maximum Gasteiger partial charge on any atom is 0.435 e. The maximum atomic E-state index is 12.7. The van der Waals surface area contributed by atoms with Gasteiger partial charge in [-0.3, -0.25) is 9.89 Å². The molecule has 0 radical (unpaired) electrons. The second-order valence-electron chi connectivity index (χ2n) is 9.53. The Morgan fingerprint density at radius 3 is 2.82 bits per heavy atom. The highest BCUT2D eigenvalue weighted by atomic mass is 32.1. The van der Waals surface area contributed by atoms with Crippen LogP contribution >= 0.6 is 11.3 Å². The van der Waals surface area contributed by atoms with E-state index in [1.807, 2.05) is 11.3 Å². The van der Waals surface area contributed by atoms with Gasteiger partial charge in [-0.25, -0.2) is 0 Å². The molecule has 10 heteroatoms. The summed E-state index contributed by atoms with van der Waals surface area (Å²) in [5.41, 5.74) is 0.0526. The molecule has 3 aliphatic rings. The molecule has 0 aromatic carbocycles. The topological polar surface area (TPSA) is 61.5 Å². The van der Waals surface area contributed by atoms with E-state index in [1.165, 1.54) is 15.3 Å². The average molecular weight is 483 g/mol. The third-order valence-corrected chi connectivity index (χ3v) is 8.63. The third-order valence-electron chi connectivity index (χ3n) is 7.29. The van der Waals surface area contributed by atoms with Crippen LogP contribution in [0.3, 0.4) is 0 Å². The molecule has 0 bridgehead atoms. The number of H-pyrrole nitrogens is 1. The van der Waals surface area contributed by atoms with Crippen LogP contribution in [0.5, 0.6) is 0 Å². The summed E-state index contributed by atoms with van der Waals surface area (Å²) < 4.78 is 44.6. The number of carbonyl (C=O) groups is 1. The number of likely N-dealkylation sites (tertiary alicyclic amines) is 2. The van der Waals surface area contributed by atoms with Gasteiger partial charge in [0.25, 0.3) is 5.91 Å². The van der Waals surface area contributed by atoms with Gasteiger partial charge in [-0.05, 0) is 37.8 Å². The molecule has 5 heterocycles. The van der Waals surface area contributed by atoms with E-state index in [-0.39, 0.29) is 11.3 Å². The van der Waals surface area contributed by atoms with Crippen LogP contribution in [-0.2, 0) is 29.4 Å². The number of aromatic amines is 1. The molecule has 1 spiro atoms. The number of alkyl halides is 3. The first-order valence-electron chi connectivity index (χ1n) is 11.6. The van der Waals surface area contributed by atoms with Crippen molar-refractivity contribution in [2.24, 2.45) is 5.92 Å². The highest BCUT2D eigenvalue weighted by Gasteiger charge is 2.45. The predicted octanol–water partition coefficient (Wildman–Crippen LogP) is 4.08. The SMILES string of the molecule is CCc1cc2c(s1)CCO[C@@]21CCN(CC2CN(C(=O)c3cc(C(F)(F)F)n[nH]3)C2)[C@@H](C)C1. The first-order valence-corrected chi connectivity index (χ1v) is 12.4. The molecular formula is C23H29F3N4O2S. The van der Waals surface area contributed by atoms with Crippen LogP contribution in [0.25, 0.3) is 0 Å². The van der Waals surface area contributed by atoms with E-state index in [4.69, 9.17) is 4.74 Å². The highest BCUT2D eigenvalue weighted by Crippen LogP contribution is 2.46. The van der Waals surface area contributed by atoms with Gasteiger partial charge in [-0.1, -0.05) is 6.92 Å². The molecule has 180 valence electrons. The second-order valence-corrected chi connectivity index (χ2v) is 10.8. The van der Waals surface area contributed by atoms with E-state index in [0.29, 0.717) is 25.0 Å². The van der Waals surface area contributed by atoms with Gasteiger partial charge in [0.15, 0.2) is 5.69 Å². The van der Waals surface area contributed by atoms with Gasteiger partial charge >= 0.3 is 6.18 Å². The number of thiophene rings is 1. The zero-order chi connectivity index (χ0) is 23.4. The summed E-state index contributed by atoms with van der Waals surface area (Å²) in [5, 5.41) is 5.45. The van der Waals surface area contributed by atoms with E-state index in [2.05, 4.69) is 35.0 Å². The van der Waals surface area contributed by atoms with Crippen LogP contribution in [0, 0.1) is 5.92 Å². The molecule has 2 aromatic heterocycles.